The van der Waals surface area contributed by atoms with Crippen LogP contribution in [0.1, 0.15) is 12.0 Å². The molecule has 2 unspecified atom stereocenters. The van der Waals surface area contributed by atoms with Crippen LogP contribution in [0.3, 0.4) is 0 Å². The van der Waals surface area contributed by atoms with E-state index < -0.39 is 15.6 Å². The first-order valence-electron chi connectivity index (χ1n) is 7.35. The van der Waals surface area contributed by atoms with Crippen molar-refractivity contribution in [3.05, 3.63) is 47.7 Å². The van der Waals surface area contributed by atoms with Crippen molar-refractivity contribution in [1.29, 1.82) is 0 Å². The zero-order valence-electron chi connectivity index (χ0n) is 12.6. The van der Waals surface area contributed by atoms with E-state index in [4.69, 9.17) is 4.74 Å². The van der Waals surface area contributed by atoms with Crippen LogP contribution in [0.2, 0.25) is 0 Å². The fourth-order valence-corrected chi connectivity index (χ4v) is 3.41. The summed E-state index contributed by atoms with van der Waals surface area (Å²) in [4.78, 5) is 2.09. The van der Waals surface area contributed by atoms with Crippen molar-refractivity contribution in [3.63, 3.8) is 0 Å². The fourth-order valence-electron chi connectivity index (χ4n) is 2.91. The molecule has 0 spiro atoms. The van der Waals surface area contributed by atoms with Gasteiger partial charge in [-0.2, -0.15) is 21.6 Å². The van der Waals surface area contributed by atoms with Crippen molar-refractivity contribution in [2.75, 3.05) is 13.2 Å². The number of morpholine rings is 1. The molecule has 2 aliphatic rings. The lowest BCUT2D eigenvalue weighted by molar-refractivity contribution is -0.0588. The topological polar surface area (TPSA) is 55.8 Å². The molecule has 9 heteroatoms. The van der Waals surface area contributed by atoms with E-state index >= 15 is 0 Å². The summed E-state index contributed by atoms with van der Waals surface area (Å²) in [6.45, 7) is 1.20. The third kappa shape index (κ3) is 3.57. The summed E-state index contributed by atoms with van der Waals surface area (Å²) in [6, 6.07) is 9.08. The first kappa shape index (κ1) is 17.2. The van der Waals surface area contributed by atoms with Crippen molar-refractivity contribution < 1.29 is 30.5 Å². The summed E-state index contributed by atoms with van der Waals surface area (Å²) < 4.78 is 69.5. The number of hydrogen-bond donors (Lipinski definition) is 0. The van der Waals surface area contributed by atoms with Crippen LogP contribution in [0.25, 0.3) is 0 Å². The molecule has 0 amide bonds. The van der Waals surface area contributed by atoms with Gasteiger partial charge in [0.05, 0.1) is 19.3 Å². The Kier molecular flexibility index (Phi) is 4.58. The minimum absolute atomic E-state index is 0.0542. The summed E-state index contributed by atoms with van der Waals surface area (Å²) in [5.41, 5.74) is -4.37. The molecule has 0 radical (unpaired) electrons. The second-order valence-corrected chi connectivity index (χ2v) is 7.27. The van der Waals surface area contributed by atoms with E-state index in [0.717, 1.165) is 5.56 Å². The maximum atomic E-state index is 12.5. The number of fused-ring (bicyclic) bond motifs is 2. The summed E-state index contributed by atoms with van der Waals surface area (Å²) in [5.74, 6) is -0.171. The largest absolute Gasteiger partial charge is 0.534 e. The highest BCUT2D eigenvalue weighted by molar-refractivity contribution is 7.87. The van der Waals surface area contributed by atoms with E-state index in [-0.39, 0.29) is 30.9 Å². The Morgan fingerprint density at radius 1 is 1.21 bits per heavy atom. The van der Waals surface area contributed by atoms with Gasteiger partial charge in [0, 0.05) is 19.0 Å². The molecule has 5 nitrogen and oxygen atoms in total. The highest BCUT2D eigenvalue weighted by Gasteiger charge is 2.49. The van der Waals surface area contributed by atoms with E-state index in [9.17, 15) is 21.6 Å². The number of halogens is 3. The number of ether oxygens (including phenoxy) is 1. The summed E-state index contributed by atoms with van der Waals surface area (Å²) in [7, 11) is -5.63. The second-order valence-electron chi connectivity index (χ2n) is 5.74. The molecule has 2 heterocycles. The Labute approximate surface area is 137 Å². The van der Waals surface area contributed by atoms with E-state index in [0.29, 0.717) is 13.2 Å². The van der Waals surface area contributed by atoms with Gasteiger partial charge in [0.2, 0.25) is 0 Å². The molecule has 0 aliphatic carbocycles. The standard InChI is InChI=1S/C15H16F3NO4S/c16-15(17,18)24(20,21)23-14-6-12-9-22-10-13(7-14)19(12)8-11-4-2-1-3-5-11/h1-6,12-13H,7-10H2. The Morgan fingerprint density at radius 2 is 1.92 bits per heavy atom. The van der Waals surface area contributed by atoms with Crippen LogP contribution in [-0.4, -0.2) is 44.1 Å². The van der Waals surface area contributed by atoms with Crippen molar-refractivity contribution >= 4 is 10.1 Å². The summed E-state index contributed by atoms with van der Waals surface area (Å²) >= 11 is 0. The molecular formula is C15H16F3NO4S. The average molecular weight is 363 g/mol. The smallest absolute Gasteiger partial charge is 0.381 e. The Balaban J connectivity index is 1.78. The van der Waals surface area contributed by atoms with E-state index in [2.05, 4.69) is 9.08 Å². The lowest BCUT2D eigenvalue weighted by Gasteiger charge is -2.44. The average Bonchev–Trinajstić information content (AvgIpc) is 2.47. The van der Waals surface area contributed by atoms with E-state index in [1.807, 2.05) is 30.3 Å². The molecule has 0 saturated carbocycles. The predicted octanol–water partition coefficient (Wildman–Crippen LogP) is 2.41. The van der Waals surface area contributed by atoms with Crippen molar-refractivity contribution in [3.8, 4) is 0 Å². The zero-order valence-corrected chi connectivity index (χ0v) is 13.4. The minimum Gasteiger partial charge on any atom is -0.381 e. The monoisotopic (exact) mass is 363 g/mol. The molecule has 2 aliphatic heterocycles. The minimum atomic E-state index is -5.63. The van der Waals surface area contributed by atoms with Gasteiger partial charge in [-0.3, -0.25) is 4.90 Å². The maximum Gasteiger partial charge on any atom is 0.534 e. The number of rotatable bonds is 4. The SMILES string of the molecule is O=S(=O)(OC1=CC2COCC(C1)N2Cc1ccccc1)C(F)(F)F. The molecule has 24 heavy (non-hydrogen) atoms. The van der Waals surface area contributed by atoms with Gasteiger partial charge in [-0.05, 0) is 11.6 Å². The third-order valence-corrected chi connectivity index (χ3v) is 5.02. The van der Waals surface area contributed by atoms with Crippen molar-refractivity contribution in [2.45, 2.75) is 30.6 Å². The van der Waals surface area contributed by atoms with Crippen LogP contribution in [-0.2, 0) is 25.6 Å². The highest BCUT2D eigenvalue weighted by atomic mass is 32.2. The predicted molar refractivity (Wildman–Crippen MR) is 79.1 cm³/mol. The number of nitrogens with zero attached hydrogens (tertiary/aromatic N) is 1. The normalized spacial score (nSPS) is 25.2. The van der Waals surface area contributed by atoms with Gasteiger partial charge in [0.1, 0.15) is 5.76 Å². The van der Waals surface area contributed by atoms with Gasteiger partial charge in [-0.25, -0.2) is 0 Å². The summed E-state index contributed by atoms with van der Waals surface area (Å²) in [6.07, 6.45) is 1.46. The third-order valence-electron chi connectivity index (χ3n) is 4.02. The van der Waals surface area contributed by atoms with Crippen molar-refractivity contribution in [1.82, 2.24) is 4.90 Å². The molecule has 1 fully saturated rings. The van der Waals surface area contributed by atoms with Crippen LogP contribution in [0.4, 0.5) is 13.2 Å². The fraction of sp³-hybridized carbons (Fsp3) is 0.467. The Bertz CT molecular complexity index is 718. The zero-order chi connectivity index (χ0) is 17.4. The quantitative estimate of drug-likeness (QED) is 0.607. The van der Waals surface area contributed by atoms with Gasteiger partial charge >= 0.3 is 15.6 Å². The second kappa shape index (κ2) is 6.38. The van der Waals surface area contributed by atoms with E-state index in [1.54, 1.807) is 0 Å². The first-order valence-corrected chi connectivity index (χ1v) is 8.76. The van der Waals surface area contributed by atoms with Crippen LogP contribution in [0, 0.1) is 0 Å². The van der Waals surface area contributed by atoms with Crippen LogP contribution < -0.4 is 0 Å². The Morgan fingerprint density at radius 3 is 2.54 bits per heavy atom. The molecule has 2 bridgehead atoms. The van der Waals surface area contributed by atoms with Crippen LogP contribution in [0.15, 0.2) is 42.2 Å². The lowest BCUT2D eigenvalue weighted by atomic mass is 9.98. The van der Waals surface area contributed by atoms with Gasteiger partial charge < -0.3 is 8.92 Å². The van der Waals surface area contributed by atoms with Crippen LogP contribution in [0.5, 0.6) is 0 Å². The molecular weight excluding hydrogens is 347 g/mol. The van der Waals surface area contributed by atoms with Gasteiger partial charge in [0.25, 0.3) is 0 Å². The molecule has 132 valence electrons. The van der Waals surface area contributed by atoms with Gasteiger partial charge in [-0.1, -0.05) is 30.3 Å². The first-order chi connectivity index (χ1) is 11.3. The van der Waals surface area contributed by atoms with E-state index in [1.165, 1.54) is 6.08 Å². The molecule has 1 aromatic carbocycles. The molecule has 0 N–H and O–H groups in total. The molecule has 3 rings (SSSR count). The number of hydrogen-bond acceptors (Lipinski definition) is 5. The van der Waals surface area contributed by atoms with Gasteiger partial charge in [0.15, 0.2) is 0 Å². The summed E-state index contributed by atoms with van der Waals surface area (Å²) in [5, 5.41) is 0. The maximum absolute atomic E-state index is 12.5. The number of alkyl halides is 3. The van der Waals surface area contributed by atoms with Crippen LogP contribution >= 0.6 is 0 Å². The molecule has 2 atom stereocenters. The molecule has 1 aromatic rings. The van der Waals surface area contributed by atoms with Gasteiger partial charge in [-0.15, -0.1) is 0 Å². The molecule has 1 saturated heterocycles. The highest BCUT2D eigenvalue weighted by Crippen LogP contribution is 2.33. The number of benzene rings is 1. The molecule has 0 aromatic heterocycles. The Hall–Kier alpha value is -1.58. The lowest BCUT2D eigenvalue weighted by Crippen LogP contribution is -2.53. The van der Waals surface area contributed by atoms with Crippen molar-refractivity contribution in [2.24, 2.45) is 0 Å².